The van der Waals surface area contributed by atoms with Gasteiger partial charge in [0.1, 0.15) is 6.17 Å². The SMILES string of the molecule is CCN(CC)c1ccc(N=NC2=NC(c3ccccc3)N(Cc3ccccc3)N2)cc1. The first kappa shape index (κ1) is 20.8. The van der Waals surface area contributed by atoms with Crippen LogP contribution in [-0.2, 0) is 6.54 Å². The molecule has 0 aromatic heterocycles. The van der Waals surface area contributed by atoms with E-state index in [4.69, 9.17) is 4.99 Å². The summed E-state index contributed by atoms with van der Waals surface area (Å²) in [6.45, 7) is 6.99. The number of hydrogen-bond donors (Lipinski definition) is 1. The van der Waals surface area contributed by atoms with E-state index >= 15 is 0 Å². The number of nitrogens with zero attached hydrogens (tertiary/aromatic N) is 5. The van der Waals surface area contributed by atoms with Gasteiger partial charge in [-0.15, -0.1) is 10.2 Å². The van der Waals surface area contributed by atoms with Crippen LogP contribution >= 0.6 is 0 Å². The highest BCUT2D eigenvalue weighted by molar-refractivity contribution is 5.81. The molecule has 0 saturated heterocycles. The number of guanidine groups is 1. The summed E-state index contributed by atoms with van der Waals surface area (Å²) in [5.41, 5.74) is 7.63. The molecule has 1 aliphatic heterocycles. The highest BCUT2D eigenvalue weighted by Gasteiger charge is 2.27. The Kier molecular flexibility index (Phi) is 6.69. The first-order chi connectivity index (χ1) is 15.3. The second-order valence-electron chi connectivity index (χ2n) is 7.35. The molecule has 0 aliphatic carbocycles. The van der Waals surface area contributed by atoms with Crippen molar-refractivity contribution in [2.75, 3.05) is 18.0 Å². The summed E-state index contributed by atoms with van der Waals surface area (Å²) in [6.07, 6.45) is -0.152. The van der Waals surface area contributed by atoms with Crippen LogP contribution in [0.25, 0.3) is 0 Å². The van der Waals surface area contributed by atoms with E-state index in [0.717, 1.165) is 24.3 Å². The summed E-state index contributed by atoms with van der Waals surface area (Å²) < 4.78 is 0. The molecule has 3 aromatic carbocycles. The highest BCUT2D eigenvalue weighted by atomic mass is 15.6. The summed E-state index contributed by atoms with van der Waals surface area (Å²) in [6, 6.07) is 28.7. The topological polar surface area (TPSA) is 55.6 Å². The minimum absolute atomic E-state index is 0.152. The van der Waals surface area contributed by atoms with Crippen LogP contribution in [0.1, 0.15) is 31.1 Å². The van der Waals surface area contributed by atoms with E-state index < -0.39 is 0 Å². The van der Waals surface area contributed by atoms with Gasteiger partial charge in [0.2, 0.25) is 0 Å². The molecular weight excluding hydrogens is 384 g/mol. The third-order valence-corrected chi connectivity index (χ3v) is 5.32. The highest BCUT2D eigenvalue weighted by Crippen LogP contribution is 2.27. The van der Waals surface area contributed by atoms with Crippen LogP contribution in [-0.4, -0.2) is 24.1 Å². The second kappa shape index (κ2) is 10.00. The van der Waals surface area contributed by atoms with Crippen molar-refractivity contribution in [2.24, 2.45) is 15.2 Å². The fourth-order valence-corrected chi connectivity index (χ4v) is 3.66. The first-order valence-corrected chi connectivity index (χ1v) is 10.7. The van der Waals surface area contributed by atoms with Gasteiger partial charge in [-0.25, -0.2) is 4.99 Å². The van der Waals surface area contributed by atoms with Crippen molar-refractivity contribution in [3.63, 3.8) is 0 Å². The summed E-state index contributed by atoms with van der Waals surface area (Å²) in [7, 11) is 0. The lowest BCUT2D eigenvalue weighted by atomic mass is 10.1. The van der Waals surface area contributed by atoms with Gasteiger partial charge < -0.3 is 4.90 Å². The predicted molar refractivity (Wildman–Crippen MR) is 126 cm³/mol. The van der Waals surface area contributed by atoms with Crippen molar-refractivity contribution in [1.29, 1.82) is 0 Å². The van der Waals surface area contributed by atoms with E-state index in [-0.39, 0.29) is 6.17 Å². The maximum Gasteiger partial charge on any atom is 0.254 e. The minimum Gasteiger partial charge on any atom is -0.372 e. The minimum atomic E-state index is -0.152. The van der Waals surface area contributed by atoms with Crippen LogP contribution in [0.15, 0.2) is 100 Å². The van der Waals surface area contributed by atoms with Gasteiger partial charge in [-0.05, 0) is 49.2 Å². The summed E-state index contributed by atoms with van der Waals surface area (Å²) in [4.78, 5) is 7.09. The number of hydrazine groups is 1. The average Bonchev–Trinajstić information content (AvgIpc) is 3.23. The van der Waals surface area contributed by atoms with E-state index in [1.165, 1.54) is 11.3 Å². The van der Waals surface area contributed by atoms with Crippen LogP contribution in [0.4, 0.5) is 11.4 Å². The van der Waals surface area contributed by atoms with Crippen LogP contribution in [0.2, 0.25) is 0 Å². The van der Waals surface area contributed by atoms with E-state index in [9.17, 15) is 0 Å². The smallest absolute Gasteiger partial charge is 0.254 e. The molecule has 1 unspecified atom stereocenters. The van der Waals surface area contributed by atoms with Gasteiger partial charge >= 0.3 is 0 Å². The quantitative estimate of drug-likeness (QED) is 0.507. The lowest BCUT2D eigenvalue weighted by Crippen LogP contribution is -2.36. The van der Waals surface area contributed by atoms with Gasteiger partial charge in [-0.2, -0.15) is 5.01 Å². The molecule has 0 bridgehead atoms. The molecule has 0 saturated carbocycles. The van der Waals surface area contributed by atoms with Gasteiger partial charge in [-0.3, -0.25) is 5.43 Å². The maximum atomic E-state index is 4.79. The Bertz CT molecular complexity index is 1010. The zero-order chi connectivity index (χ0) is 21.5. The summed E-state index contributed by atoms with van der Waals surface area (Å²) in [5, 5.41) is 10.9. The number of azo groups is 1. The van der Waals surface area contributed by atoms with Gasteiger partial charge in [-0.1, -0.05) is 60.7 Å². The van der Waals surface area contributed by atoms with E-state index in [2.05, 4.69) is 75.8 Å². The first-order valence-electron chi connectivity index (χ1n) is 10.7. The fourth-order valence-electron chi connectivity index (χ4n) is 3.66. The number of benzene rings is 3. The maximum absolute atomic E-state index is 4.79. The summed E-state index contributed by atoms with van der Waals surface area (Å²) >= 11 is 0. The standard InChI is InChI=1S/C25H28N6/c1-3-30(4-2)23-17-15-22(16-18-23)27-28-25-26-24(21-13-9-6-10-14-21)31(29-25)19-20-11-7-5-8-12-20/h5-18,24H,3-4,19H2,1-2H3,(H,26,29). The van der Waals surface area contributed by atoms with Crippen molar-refractivity contribution in [3.8, 4) is 0 Å². The molecule has 6 nitrogen and oxygen atoms in total. The Morgan fingerprint density at radius 3 is 2.13 bits per heavy atom. The monoisotopic (exact) mass is 412 g/mol. The lowest BCUT2D eigenvalue weighted by Gasteiger charge is -2.23. The molecule has 158 valence electrons. The molecule has 0 fully saturated rings. The molecule has 1 N–H and O–H groups in total. The predicted octanol–water partition coefficient (Wildman–Crippen LogP) is 5.69. The van der Waals surface area contributed by atoms with Crippen LogP contribution < -0.4 is 10.3 Å². The molecule has 0 amide bonds. The van der Waals surface area contributed by atoms with E-state index in [1.54, 1.807) is 0 Å². The van der Waals surface area contributed by atoms with Crippen molar-refractivity contribution >= 4 is 17.3 Å². The molecule has 4 rings (SSSR count). The fraction of sp³-hybridized carbons (Fsp3) is 0.240. The van der Waals surface area contributed by atoms with Crippen LogP contribution in [0.5, 0.6) is 0 Å². The van der Waals surface area contributed by atoms with Gasteiger partial charge in [0, 0.05) is 25.3 Å². The van der Waals surface area contributed by atoms with Crippen molar-refractivity contribution < 1.29 is 0 Å². The molecule has 31 heavy (non-hydrogen) atoms. The lowest BCUT2D eigenvalue weighted by molar-refractivity contribution is 0.181. The molecule has 1 aliphatic rings. The van der Waals surface area contributed by atoms with Gasteiger partial charge in [0.15, 0.2) is 0 Å². The number of aliphatic imine (C=N–C) groups is 1. The summed E-state index contributed by atoms with van der Waals surface area (Å²) in [5.74, 6) is 0.512. The third-order valence-electron chi connectivity index (χ3n) is 5.32. The molecule has 1 atom stereocenters. The Morgan fingerprint density at radius 2 is 1.48 bits per heavy atom. The number of nitrogens with one attached hydrogen (secondary N) is 1. The number of anilines is 1. The Labute approximate surface area is 183 Å². The molecule has 3 aromatic rings. The largest absolute Gasteiger partial charge is 0.372 e. The van der Waals surface area contributed by atoms with Crippen LogP contribution in [0.3, 0.4) is 0 Å². The molecule has 0 radical (unpaired) electrons. The van der Waals surface area contributed by atoms with Crippen LogP contribution in [0, 0.1) is 0 Å². The zero-order valence-electron chi connectivity index (χ0n) is 18.0. The Hall–Kier alpha value is -3.51. The van der Waals surface area contributed by atoms with Gasteiger partial charge in [0.25, 0.3) is 5.96 Å². The molecule has 0 spiro atoms. The number of rotatable bonds is 7. The van der Waals surface area contributed by atoms with Crippen molar-refractivity contribution in [3.05, 3.63) is 96.1 Å². The van der Waals surface area contributed by atoms with E-state index in [0.29, 0.717) is 12.5 Å². The second-order valence-corrected chi connectivity index (χ2v) is 7.35. The normalized spacial score (nSPS) is 16.3. The average molecular weight is 413 g/mol. The number of hydrogen-bond acceptors (Lipinski definition) is 6. The Morgan fingerprint density at radius 1 is 0.839 bits per heavy atom. The van der Waals surface area contributed by atoms with Crippen molar-refractivity contribution in [2.45, 2.75) is 26.6 Å². The van der Waals surface area contributed by atoms with Crippen molar-refractivity contribution in [1.82, 2.24) is 10.4 Å². The molecular formula is C25H28N6. The zero-order valence-corrected chi connectivity index (χ0v) is 18.0. The third kappa shape index (κ3) is 5.16. The van der Waals surface area contributed by atoms with Gasteiger partial charge in [0.05, 0.1) is 5.69 Å². The van der Waals surface area contributed by atoms with E-state index in [1.807, 2.05) is 48.5 Å². The Balaban J connectivity index is 1.51. The molecule has 6 heteroatoms. The molecule has 1 heterocycles.